The monoisotopic (exact) mass is 368 g/mol. The maximum Gasteiger partial charge on any atom is 0.269 e. The van der Waals surface area contributed by atoms with Crippen LogP contribution >= 0.6 is 11.5 Å². The molecule has 0 saturated carbocycles. The van der Waals surface area contributed by atoms with Gasteiger partial charge in [-0.2, -0.15) is 4.37 Å². The third-order valence-corrected chi connectivity index (χ3v) is 5.69. The van der Waals surface area contributed by atoms with Crippen molar-refractivity contribution in [2.75, 3.05) is 37.6 Å². The van der Waals surface area contributed by atoms with Crippen molar-refractivity contribution in [3.8, 4) is 0 Å². The lowest BCUT2D eigenvalue weighted by atomic mass is 10.1. The van der Waals surface area contributed by atoms with E-state index in [0.29, 0.717) is 0 Å². The van der Waals surface area contributed by atoms with Crippen molar-refractivity contribution >= 4 is 33.1 Å². The SMILES string of the molecule is O=[N+]([O-])c1cccc(CCN2CCN(c3nsc4ccccc34)CC2)c1. The number of non-ortho nitro benzene ring substituents is 1. The summed E-state index contributed by atoms with van der Waals surface area (Å²) in [6.07, 6.45) is 0.835. The highest BCUT2D eigenvalue weighted by Crippen LogP contribution is 2.29. The molecular formula is C19H20N4O2S. The van der Waals surface area contributed by atoms with E-state index in [4.69, 9.17) is 0 Å². The lowest BCUT2D eigenvalue weighted by Crippen LogP contribution is -2.47. The molecule has 2 aromatic carbocycles. The Morgan fingerprint density at radius 2 is 1.88 bits per heavy atom. The van der Waals surface area contributed by atoms with Gasteiger partial charge in [-0.15, -0.1) is 0 Å². The number of fused-ring (bicyclic) bond motifs is 1. The minimum Gasteiger partial charge on any atom is -0.353 e. The Kier molecular flexibility index (Phi) is 4.81. The number of aromatic nitrogens is 1. The molecule has 2 heterocycles. The smallest absolute Gasteiger partial charge is 0.269 e. The fourth-order valence-corrected chi connectivity index (χ4v) is 4.19. The van der Waals surface area contributed by atoms with Gasteiger partial charge in [-0.1, -0.05) is 24.3 Å². The van der Waals surface area contributed by atoms with E-state index < -0.39 is 0 Å². The molecule has 0 atom stereocenters. The molecular weight excluding hydrogens is 348 g/mol. The van der Waals surface area contributed by atoms with Crippen LogP contribution in [-0.2, 0) is 6.42 Å². The van der Waals surface area contributed by atoms with E-state index in [9.17, 15) is 10.1 Å². The zero-order chi connectivity index (χ0) is 17.9. The minimum absolute atomic E-state index is 0.169. The summed E-state index contributed by atoms with van der Waals surface area (Å²) in [7, 11) is 0. The zero-order valence-corrected chi connectivity index (χ0v) is 15.2. The summed E-state index contributed by atoms with van der Waals surface area (Å²) in [5, 5.41) is 12.1. The van der Waals surface area contributed by atoms with Crippen molar-refractivity contribution in [3.05, 3.63) is 64.2 Å². The van der Waals surface area contributed by atoms with E-state index >= 15 is 0 Å². The highest BCUT2D eigenvalue weighted by Gasteiger charge is 2.20. The van der Waals surface area contributed by atoms with Crippen LogP contribution in [0.25, 0.3) is 10.1 Å². The van der Waals surface area contributed by atoms with Crippen molar-refractivity contribution in [2.45, 2.75) is 6.42 Å². The fraction of sp³-hybridized carbons (Fsp3) is 0.316. The Labute approximate surface area is 156 Å². The Bertz CT molecular complexity index is 919. The maximum absolute atomic E-state index is 10.9. The van der Waals surface area contributed by atoms with Crippen molar-refractivity contribution in [1.29, 1.82) is 0 Å². The Hall–Kier alpha value is -2.51. The van der Waals surface area contributed by atoms with Gasteiger partial charge in [0, 0.05) is 50.2 Å². The molecule has 0 unspecified atom stereocenters. The van der Waals surface area contributed by atoms with Crippen LogP contribution < -0.4 is 4.90 Å². The quantitative estimate of drug-likeness (QED) is 0.509. The zero-order valence-electron chi connectivity index (χ0n) is 14.4. The lowest BCUT2D eigenvalue weighted by Gasteiger charge is -2.35. The van der Waals surface area contributed by atoms with Gasteiger partial charge in [0.25, 0.3) is 5.69 Å². The molecule has 1 fully saturated rings. The second-order valence-corrected chi connectivity index (χ2v) is 7.31. The van der Waals surface area contributed by atoms with Crippen molar-refractivity contribution in [2.24, 2.45) is 0 Å². The number of nitro benzene ring substituents is 1. The predicted molar refractivity (Wildman–Crippen MR) is 105 cm³/mol. The molecule has 0 N–H and O–H groups in total. The predicted octanol–water partition coefficient (Wildman–Crippen LogP) is 3.57. The van der Waals surface area contributed by atoms with Crippen molar-refractivity contribution in [1.82, 2.24) is 9.27 Å². The summed E-state index contributed by atoms with van der Waals surface area (Å²) in [5.41, 5.74) is 1.19. The highest BCUT2D eigenvalue weighted by atomic mass is 32.1. The van der Waals surface area contributed by atoms with Crippen LogP contribution in [0.1, 0.15) is 5.56 Å². The Balaban J connectivity index is 1.34. The van der Waals surface area contributed by atoms with Crippen LogP contribution in [0.4, 0.5) is 11.5 Å². The third-order valence-electron chi connectivity index (χ3n) is 4.87. The van der Waals surface area contributed by atoms with Crippen LogP contribution in [-0.4, -0.2) is 46.9 Å². The number of rotatable bonds is 5. The molecule has 1 aromatic heterocycles. The molecule has 26 heavy (non-hydrogen) atoms. The van der Waals surface area contributed by atoms with Crippen LogP contribution in [0, 0.1) is 10.1 Å². The van der Waals surface area contributed by atoms with Gasteiger partial charge in [-0.05, 0) is 35.6 Å². The fourth-order valence-electron chi connectivity index (χ4n) is 3.40. The van der Waals surface area contributed by atoms with Crippen LogP contribution in [0.3, 0.4) is 0 Å². The maximum atomic E-state index is 10.9. The highest BCUT2D eigenvalue weighted by molar-refractivity contribution is 7.13. The van der Waals surface area contributed by atoms with Gasteiger partial charge >= 0.3 is 0 Å². The second kappa shape index (κ2) is 7.39. The summed E-state index contributed by atoms with van der Waals surface area (Å²) in [4.78, 5) is 15.3. The number of piperazine rings is 1. The summed E-state index contributed by atoms with van der Waals surface area (Å²) in [6, 6.07) is 15.3. The van der Waals surface area contributed by atoms with Crippen LogP contribution in [0.2, 0.25) is 0 Å². The summed E-state index contributed by atoms with van der Waals surface area (Å²) >= 11 is 1.56. The van der Waals surface area contributed by atoms with E-state index in [2.05, 4.69) is 38.4 Å². The van der Waals surface area contributed by atoms with Gasteiger partial charge in [-0.25, -0.2) is 0 Å². The molecule has 0 bridgehead atoms. The number of anilines is 1. The number of nitrogens with zero attached hydrogens (tertiary/aromatic N) is 4. The average Bonchev–Trinajstić information content (AvgIpc) is 3.11. The summed E-state index contributed by atoms with van der Waals surface area (Å²) in [5.74, 6) is 1.10. The van der Waals surface area contributed by atoms with Gasteiger partial charge < -0.3 is 4.90 Å². The number of hydrogen-bond donors (Lipinski definition) is 0. The van der Waals surface area contributed by atoms with E-state index in [1.807, 2.05) is 6.07 Å². The molecule has 4 rings (SSSR count). The lowest BCUT2D eigenvalue weighted by molar-refractivity contribution is -0.384. The average molecular weight is 368 g/mol. The van der Waals surface area contributed by atoms with Gasteiger partial charge in [0.2, 0.25) is 0 Å². The second-order valence-electron chi connectivity index (χ2n) is 6.51. The molecule has 0 aliphatic carbocycles. The van der Waals surface area contributed by atoms with E-state index in [1.54, 1.807) is 29.7 Å². The number of benzene rings is 2. The molecule has 1 aliphatic heterocycles. The molecule has 0 amide bonds. The molecule has 7 heteroatoms. The first kappa shape index (κ1) is 16.9. The van der Waals surface area contributed by atoms with Crippen LogP contribution in [0.15, 0.2) is 48.5 Å². The van der Waals surface area contributed by atoms with Gasteiger partial charge in [-0.3, -0.25) is 15.0 Å². The molecule has 6 nitrogen and oxygen atoms in total. The third kappa shape index (κ3) is 3.54. The van der Waals surface area contributed by atoms with E-state index in [1.165, 1.54) is 10.1 Å². The van der Waals surface area contributed by atoms with Crippen molar-refractivity contribution in [3.63, 3.8) is 0 Å². The molecule has 0 spiro atoms. The first-order valence-corrected chi connectivity index (χ1v) is 9.53. The largest absolute Gasteiger partial charge is 0.353 e. The number of nitro groups is 1. The molecule has 3 aromatic rings. The molecule has 134 valence electrons. The summed E-state index contributed by atoms with van der Waals surface area (Å²) in [6.45, 7) is 4.82. The Morgan fingerprint density at radius 1 is 1.08 bits per heavy atom. The first-order valence-electron chi connectivity index (χ1n) is 8.76. The van der Waals surface area contributed by atoms with Gasteiger partial charge in [0.1, 0.15) is 5.82 Å². The summed E-state index contributed by atoms with van der Waals surface area (Å²) < 4.78 is 5.88. The molecule has 0 radical (unpaired) electrons. The normalized spacial score (nSPS) is 15.5. The minimum atomic E-state index is -0.333. The van der Waals surface area contributed by atoms with Crippen molar-refractivity contribution < 1.29 is 4.92 Å². The Morgan fingerprint density at radius 3 is 2.69 bits per heavy atom. The van der Waals surface area contributed by atoms with Crippen LogP contribution in [0.5, 0.6) is 0 Å². The standard InChI is InChI=1S/C19H20N4O2S/c24-23(25)16-5-3-4-15(14-16)8-9-21-10-12-22(13-11-21)19-17-6-1-2-7-18(17)26-20-19/h1-7,14H,8-13H2. The molecule has 1 aliphatic rings. The van der Waals surface area contributed by atoms with E-state index in [-0.39, 0.29) is 10.6 Å². The topological polar surface area (TPSA) is 62.5 Å². The first-order chi connectivity index (χ1) is 12.7. The number of hydrogen-bond acceptors (Lipinski definition) is 6. The van der Waals surface area contributed by atoms with Gasteiger partial charge in [0.15, 0.2) is 0 Å². The molecule has 1 saturated heterocycles. The van der Waals surface area contributed by atoms with E-state index in [0.717, 1.165) is 50.5 Å². The van der Waals surface area contributed by atoms with Gasteiger partial charge in [0.05, 0.1) is 9.62 Å².